The maximum absolute atomic E-state index is 12.6. The number of aromatic nitrogens is 1. The summed E-state index contributed by atoms with van der Waals surface area (Å²) in [7, 11) is 3.30. The monoisotopic (exact) mass is 308 g/mol. The van der Waals surface area contributed by atoms with E-state index in [-0.39, 0.29) is 24.2 Å². The highest BCUT2D eigenvalue weighted by Crippen LogP contribution is 2.22. The van der Waals surface area contributed by atoms with Gasteiger partial charge >= 0.3 is 0 Å². The molecule has 0 unspecified atom stereocenters. The fraction of sp³-hybridized carbons (Fsp3) is 0.625. The molecule has 1 aliphatic rings. The molecule has 6 heteroatoms. The van der Waals surface area contributed by atoms with E-state index in [0.29, 0.717) is 24.6 Å². The van der Waals surface area contributed by atoms with Crippen LogP contribution in [-0.4, -0.2) is 61.4 Å². The number of rotatable bonds is 6. The van der Waals surface area contributed by atoms with E-state index in [2.05, 4.69) is 4.98 Å². The van der Waals surface area contributed by atoms with Crippen LogP contribution in [0.1, 0.15) is 30.8 Å². The van der Waals surface area contributed by atoms with Crippen LogP contribution < -0.4 is 4.74 Å². The lowest BCUT2D eigenvalue weighted by atomic mass is 10.2. The van der Waals surface area contributed by atoms with Crippen LogP contribution in [0.25, 0.3) is 0 Å². The van der Waals surface area contributed by atoms with Crippen LogP contribution in [0, 0.1) is 0 Å². The Bertz CT molecular complexity index is 489. The summed E-state index contributed by atoms with van der Waals surface area (Å²) in [5, 5.41) is 0. The summed E-state index contributed by atoms with van der Waals surface area (Å²) in [6.45, 7) is 4.96. The van der Waals surface area contributed by atoms with E-state index in [1.165, 1.54) is 0 Å². The van der Waals surface area contributed by atoms with Gasteiger partial charge in [0.25, 0.3) is 5.91 Å². The lowest BCUT2D eigenvalue weighted by Gasteiger charge is -2.23. The number of amides is 1. The summed E-state index contributed by atoms with van der Waals surface area (Å²) in [4.78, 5) is 18.6. The number of hydrogen-bond acceptors (Lipinski definition) is 5. The third-order valence-electron chi connectivity index (χ3n) is 3.66. The van der Waals surface area contributed by atoms with Gasteiger partial charge in [0.15, 0.2) is 0 Å². The second kappa shape index (κ2) is 7.56. The van der Waals surface area contributed by atoms with Gasteiger partial charge in [-0.3, -0.25) is 4.79 Å². The SMILES string of the molecule is COC[C@@H]1C[C@@H](OC)CN1C(=O)c1ccc(OC(C)C)cn1. The lowest BCUT2D eigenvalue weighted by Crippen LogP contribution is -2.38. The Morgan fingerprint density at radius 1 is 1.41 bits per heavy atom. The third-order valence-corrected chi connectivity index (χ3v) is 3.66. The van der Waals surface area contributed by atoms with Gasteiger partial charge in [0.1, 0.15) is 11.4 Å². The molecule has 1 aromatic rings. The molecule has 6 nitrogen and oxygen atoms in total. The minimum Gasteiger partial charge on any atom is -0.489 e. The van der Waals surface area contributed by atoms with E-state index < -0.39 is 0 Å². The Morgan fingerprint density at radius 2 is 2.18 bits per heavy atom. The molecule has 0 bridgehead atoms. The number of hydrogen-bond donors (Lipinski definition) is 0. The van der Waals surface area contributed by atoms with Crippen molar-refractivity contribution in [2.75, 3.05) is 27.4 Å². The summed E-state index contributed by atoms with van der Waals surface area (Å²) < 4.78 is 16.1. The Labute approximate surface area is 131 Å². The van der Waals surface area contributed by atoms with Crippen LogP contribution in [0.5, 0.6) is 5.75 Å². The van der Waals surface area contributed by atoms with E-state index in [1.54, 1.807) is 37.4 Å². The summed E-state index contributed by atoms with van der Waals surface area (Å²) in [6, 6.07) is 3.50. The number of carbonyl (C=O) groups is 1. The first-order valence-electron chi connectivity index (χ1n) is 7.50. The van der Waals surface area contributed by atoms with Gasteiger partial charge in [-0.2, -0.15) is 0 Å². The second-order valence-electron chi connectivity index (χ2n) is 5.71. The van der Waals surface area contributed by atoms with Crippen molar-refractivity contribution in [3.05, 3.63) is 24.0 Å². The highest BCUT2D eigenvalue weighted by molar-refractivity contribution is 5.92. The van der Waals surface area contributed by atoms with E-state index in [1.807, 2.05) is 13.8 Å². The molecule has 0 spiro atoms. The normalized spacial score (nSPS) is 21.4. The number of pyridine rings is 1. The number of ether oxygens (including phenoxy) is 3. The molecule has 1 aromatic heterocycles. The Morgan fingerprint density at radius 3 is 2.73 bits per heavy atom. The fourth-order valence-electron chi connectivity index (χ4n) is 2.64. The van der Waals surface area contributed by atoms with Gasteiger partial charge in [0.2, 0.25) is 0 Å². The van der Waals surface area contributed by atoms with Crippen molar-refractivity contribution in [3.63, 3.8) is 0 Å². The second-order valence-corrected chi connectivity index (χ2v) is 5.71. The zero-order valence-electron chi connectivity index (χ0n) is 13.6. The van der Waals surface area contributed by atoms with E-state index in [0.717, 1.165) is 6.42 Å². The Kier molecular flexibility index (Phi) is 5.74. The number of methoxy groups -OCH3 is 2. The van der Waals surface area contributed by atoms with E-state index in [9.17, 15) is 4.79 Å². The molecule has 1 aliphatic heterocycles. The maximum atomic E-state index is 12.6. The first-order chi connectivity index (χ1) is 10.5. The van der Waals surface area contributed by atoms with Gasteiger partial charge in [0.05, 0.1) is 31.1 Å². The van der Waals surface area contributed by atoms with E-state index >= 15 is 0 Å². The van der Waals surface area contributed by atoms with Crippen molar-refractivity contribution >= 4 is 5.91 Å². The smallest absolute Gasteiger partial charge is 0.272 e. The number of nitrogens with zero attached hydrogens (tertiary/aromatic N) is 2. The molecule has 1 saturated heterocycles. The predicted octanol–water partition coefficient (Wildman–Crippen LogP) is 1.74. The van der Waals surface area contributed by atoms with Crippen molar-refractivity contribution in [1.82, 2.24) is 9.88 Å². The topological polar surface area (TPSA) is 60.9 Å². The van der Waals surface area contributed by atoms with E-state index in [4.69, 9.17) is 14.2 Å². The molecule has 0 radical (unpaired) electrons. The van der Waals surface area contributed by atoms with Crippen LogP contribution >= 0.6 is 0 Å². The van der Waals surface area contributed by atoms with Gasteiger partial charge in [0, 0.05) is 20.8 Å². The van der Waals surface area contributed by atoms with Crippen LogP contribution in [0.3, 0.4) is 0 Å². The van der Waals surface area contributed by atoms with Crippen LogP contribution in [0.4, 0.5) is 0 Å². The minimum absolute atomic E-state index is 0.0239. The first-order valence-corrected chi connectivity index (χ1v) is 7.50. The van der Waals surface area contributed by atoms with Gasteiger partial charge in [-0.05, 0) is 32.4 Å². The molecular weight excluding hydrogens is 284 g/mol. The third kappa shape index (κ3) is 3.96. The summed E-state index contributed by atoms with van der Waals surface area (Å²) in [5.74, 6) is 0.564. The van der Waals surface area contributed by atoms with Crippen LogP contribution in [0.2, 0.25) is 0 Å². The van der Waals surface area contributed by atoms with Gasteiger partial charge in [-0.15, -0.1) is 0 Å². The molecular formula is C16H24N2O4. The largest absolute Gasteiger partial charge is 0.489 e. The predicted molar refractivity (Wildman–Crippen MR) is 82.1 cm³/mol. The van der Waals surface area contributed by atoms with Crippen molar-refractivity contribution in [1.29, 1.82) is 0 Å². The first kappa shape index (κ1) is 16.7. The van der Waals surface area contributed by atoms with Crippen molar-refractivity contribution in [2.45, 2.75) is 38.5 Å². The molecule has 1 fully saturated rings. The van der Waals surface area contributed by atoms with Gasteiger partial charge in [-0.1, -0.05) is 0 Å². The van der Waals surface area contributed by atoms with Crippen LogP contribution in [0.15, 0.2) is 18.3 Å². The highest BCUT2D eigenvalue weighted by Gasteiger charge is 2.36. The summed E-state index contributed by atoms with van der Waals surface area (Å²) in [5.41, 5.74) is 0.411. The standard InChI is InChI=1S/C16H24N2O4/c1-11(2)22-13-5-6-15(17-8-13)16(19)18-9-14(21-4)7-12(18)10-20-3/h5-6,8,11-12,14H,7,9-10H2,1-4H3/t12-,14+/m0/s1. The van der Waals surface area contributed by atoms with Crippen molar-refractivity contribution in [3.8, 4) is 5.75 Å². The molecule has 1 amide bonds. The molecule has 22 heavy (non-hydrogen) atoms. The minimum atomic E-state index is -0.0994. The molecule has 0 saturated carbocycles. The fourth-order valence-corrected chi connectivity index (χ4v) is 2.64. The van der Waals surface area contributed by atoms with Crippen molar-refractivity contribution < 1.29 is 19.0 Å². The van der Waals surface area contributed by atoms with Gasteiger partial charge in [-0.25, -0.2) is 4.98 Å². The number of likely N-dealkylation sites (tertiary alicyclic amines) is 1. The lowest BCUT2D eigenvalue weighted by molar-refractivity contribution is 0.0606. The molecule has 2 rings (SSSR count). The van der Waals surface area contributed by atoms with Crippen molar-refractivity contribution in [2.24, 2.45) is 0 Å². The maximum Gasteiger partial charge on any atom is 0.272 e. The molecule has 0 aliphatic carbocycles. The molecule has 0 N–H and O–H groups in total. The summed E-state index contributed by atoms with van der Waals surface area (Å²) >= 11 is 0. The van der Waals surface area contributed by atoms with Gasteiger partial charge < -0.3 is 19.1 Å². The molecule has 2 heterocycles. The zero-order chi connectivity index (χ0) is 16.1. The number of carbonyl (C=O) groups excluding carboxylic acids is 1. The Balaban J connectivity index is 2.09. The molecule has 2 atom stereocenters. The quantitative estimate of drug-likeness (QED) is 0.801. The van der Waals surface area contributed by atoms with Crippen LogP contribution in [-0.2, 0) is 9.47 Å². The molecule has 0 aromatic carbocycles. The highest BCUT2D eigenvalue weighted by atomic mass is 16.5. The zero-order valence-corrected chi connectivity index (χ0v) is 13.6. The average molecular weight is 308 g/mol. The molecule has 122 valence electrons. The summed E-state index contributed by atoms with van der Waals surface area (Å²) in [6.07, 6.45) is 2.50. The average Bonchev–Trinajstić information content (AvgIpc) is 2.90. The Hall–Kier alpha value is -1.66.